The quantitative estimate of drug-likeness (QED) is 0.756. The van der Waals surface area contributed by atoms with Crippen molar-refractivity contribution in [3.05, 3.63) is 12.7 Å². The Morgan fingerprint density at radius 1 is 1.00 bits per heavy atom. The first kappa shape index (κ1) is 12.7. The molecule has 2 nitrogen and oxygen atoms in total. The molecule has 18 heavy (non-hydrogen) atoms. The predicted octanol–water partition coefficient (Wildman–Crippen LogP) is 3.09. The molecule has 3 fully saturated rings. The molecule has 1 heterocycles. The van der Waals surface area contributed by atoms with Crippen molar-refractivity contribution in [2.75, 3.05) is 19.6 Å². The second-order valence-electron chi connectivity index (χ2n) is 6.80. The summed E-state index contributed by atoms with van der Waals surface area (Å²) < 4.78 is 0. The summed E-state index contributed by atoms with van der Waals surface area (Å²) in [6.45, 7) is 7.56. The normalized spacial score (nSPS) is 30.9. The van der Waals surface area contributed by atoms with Crippen molar-refractivity contribution in [3.63, 3.8) is 0 Å². The molecule has 1 N–H and O–H groups in total. The Labute approximate surface area is 112 Å². The van der Waals surface area contributed by atoms with Gasteiger partial charge in [0, 0.05) is 30.7 Å². The second kappa shape index (κ2) is 4.97. The van der Waals surface area contributed by atoms with Crippen molar-refractivity contribution >= 4 is 0 Å². The van der Waals surface area contributed by atoms with Gasteiger partial charge in [-0.15, -0.1) is 6.58 Å². The molecule has 2 saturated carbocycles. The van der Waals surface area contributed by atoms with Gasteiger partial charge < -0.3 is 5.32 Å². The Bertz CT molecular complexity index is 298. The van der Waals surface area contributed by atoms with Crippen LogP contribution >= 0.6 is 0 Å². The number of nitrogens with zero attached hydrogens (tertiary/aromatic N) is 1. The molecule has 0 aromatic carbocycles. The van der Waals surface area contributed by atoms with Crippen molar-refractivity contribution in [2.45, 2.75) is 68.9 Å². The Hall–Kier alpha value is -0.340. The van der Waals surface area contributed by atoms with E-state index in [1.165, 1.54) is 70.9 Å². The first-order valence-electron chi connectivity index (χ1n) is 7.90. The fraction of sp³-hybridized carbons (Fsp3) is 0.875. The van der Waals surface area contributed by atoms with Gasteiger partial charge in [-0.25, -0.2) is 0 Å². The molecule has 1 aliphatic heterocycles. The molecule has 2 spiro atoms. The summed E-state index contributed by atoms with van der Waals surface area (Å²) in [4.78, 5) is 2.78. The van der Waals surface area contributed by atoms with E-state index in [0.717, 1.165) is 6.54 Å². The van der Waals surface area contributed by atoms with E-state index >= 15 is 0 Å². The smallest absolute Gasteiger partial charge is 0.0338 e. The van der Waals surface area contributed by atoms with Crippen molar-refractivity contribution < 1.29 is 0 Å². The number of rotatable bonds is 2. The van der Waals surface area contributed by atoms with Crippen molar-refractivity contribution in [3.8, 4) is 0 Å². The molecule has 0 amide bonds. The summed E-state index contributed by atoms with van der Waals surface area (Å²) >= 11 is 0. The molecule has 0 atom stereocenters. The van der Waals surface area contributed by atoms with E-state index in [4.69, 9.17) is 0 Å². The maximum atomic E-state index is 3.99. The average molecular weight is 248 g/mol. The van der Waals surface area contributed by atoms with Crippen LogP contribution in [0.4, 0.5) is 0 Å². The summed E-state index contributed by atoms with van der Waals surface area (Å²) in [6, 6.07) is 0. The lowest BCUT2D eigenvalue weighted by Gasteiger charge is -2.55. The number of nitrogens with one attached hydrogen (secondary N) is 1. The maximum Gasteiger partial charge on any atom is 0.0338 e. The van der Waals surface area contributed by atoms with E-state index in [1.807, 2.05) is 0 Å². The van der Waals surface area contributed by atoms with Gasteiger partial charge in [0.25, 0.3) is 0 Å². The molecule has 2 heteroatoms. The van der Waals surface area contributed by atoms with Crippen LogP contribution in [0, 0.1) is 0 Å². The molecule has 0 radical (unpaired) electrons. The Morgan fingerprint density at radius 3 is 2.33 bits per heavy atom. The lowest BCUT2D eigenvalue weighted by atomic mass is 9.76. The molecule has 102 valence electrons. The monoisotopic (exact) mass is 248 g/mol. The van der Waals surface area contributed by atoms with Crippen LogP contribution in [0.25, 0.3) is 0 Å². The standard InChI is InChI=1S/C16H28N2/c1-2-12-18-14-15(8-6-7-9-15)17-13-16(18)10-4-3-5-11-16/h2,17H,1,3-14H2. The minimum absolute atomic E-state index is 0.450. The van der Waals surface area contributed by atoms with Gasteiger partial charge in [-0.3, -0.25) is 4.90 Å². The van der Waals surface area contributed by atoms with Crippen LogP contribution in [0.3, 0.4) is 0 Å². The topological polar surface area (TPSA) is 15.3 Å². The van der Waals surface area contributed by atoms with E-state index in [9.17, 15) is 0 Å². The van der Waals surface area contributed by atoms with Gasteiger partial charge in [0.2, 0.25) is 0 Å². The summed E-state index contributed by atoms with van der Waals surface area (Å²) in [5.41, 5.74) is 0.909. The van der Waals surface area contributed by atoms with Crippen LogP contribution < -0.4 is 5.32 Å². The van der Waals surface area contributed by atoms with Gasteiger partial charge in [-0.05, 0) is 25.7 Å². The van der Waals surface area contributed by atoms with Gasteiger partial charge in [0.1, 0.15) is 0 Å². The molecule has 1 saturated heterocycles. The first-order chi connectivity index (χ1) is 8.79. The molecule has 3 aliphatic rings. The molecule has 0 aromatic rings. The Kier molecular flexibility index (Phi) is 3.50. The lowest BCUT2D eigenvalue weighted by Crippen LogP contribution is -2.69. The zero-order valence-electron chi connectivity index (χ0n) is 11.7. The SMILES string of the molecule is C=CCN1CC2(CCCC2)NCC12CCCCC2. The molecule has 0 unspecified atom stereocenters. The Balaban J connectivity index is 1.77. The summed E-state index contributed by atoms with van der Waals surface area (Å²) in [6.07, 6.45) is 14.8. The van der Waals surface area contributed by atoms with Crippen LogP contribution in [0.1, 0.15) is 57.8 Å². The minimum atomic E-state index is 0.450. The highest BCUT2D eigenvalue weighted by molar-refractivity contribution is 5.08. The van der Waals surface area contributed by atoms with Crippen molar-refractivity contribution in [1.29, 1.82) is 0 Å². The van der Waals surface area contributed by atoms with E-state index in [1.54, 1.807) is 0 Å². The van der Waals surface area contributed by atoms with Crippen LogP contribution in [0.5, 0.6) is 0 Å². The second-order valence-corrected chi connectivity index (χ2v) is 6.80. The highest BCUT2D eigenvalue weighted by Gasteiger charge is 2.47. The summed E-state index contributed by atoms with van der Waals surface area (Å²) in [5.74, 6) is 0. The van der Waals surface area contributed by atoms with Crippen molar-refractivity contribution in [2.24, 2.45) is 0 Å². The largest absolute Gasteiger partial charge is 0.308 e. The molecule has 0 aromatic heterocycles. The fourth-order valence-electron chi connectivity index (χ4n) is 4.56. The zero-order valence-corrected chi connectivity index (χ0v) is 11.7. The van der Waals surface area contributed by atoms with E-state index in [0.29, 0.717) is 11.1 Å². The summed E-state index contributed by atoms with van der Waals surface area (Å²) in [5, 5.41) is 3.97. The van der Waals surface area contributed by atoms with Crippen LogP contribution in [0.15, 0.2) is 12.7 Å². The average Bonchev–Trinajstić information content (AvgIpc) is 2.85. The van der Waals surface area contributed by atoms with Crippen LogP contribution in [-0.2, 0) is 0 Å². The van der Waals surface area contributed by atoms with Gasteiger partial charge in [-0.2, -0.15) is 0 Å². The van der Waals surface area contributed by atoms with E-state index in [-0.39, 0.29) is 0 Å². The molecule has 2 aliphatic carbocycles. The first-order valence-corrected chi connectivity index (χ1v) is 7.90. The molecule has 3 rings (SSSR count). The highest BCUT2D eigenvalue weighted by Crippen LogP contribution is 2.41. The maximum absolute atomic E-state index is 3.99. The molecular weight excluding hydrogens is 220 g/mol. The number of hydrogen-bond acceptors (Lipinski definition) is 2. The van der Waals surface area contributed by atoms with E-state index < -0.39 is 0 Å². The third-order valence-corrected chi connectivity index (χ3v) is 5.65. The predicted molar refractivity (Wildman–Crippen MR) is 76.8 cm³/mol. The Morgan fingerprint density at radius 2 is 1.67 bits per heavy atom. The number of piperazine rings is 1. The highest BCUT2D eigenvalue weighted by atomic mass is 15.3. The molecule has 0 bridgehead atoms. The lowest BCUT2D eigenvalue weighted by molar-refractivity contribution is -0.00932. The van der Waals surface area contributed by atoms with Gasteiger partial charge in [0.15, 0.2) is 0 Å². The van der Waals surface area contributed by atoms with Gasteiger partial charge in [0.05, 0.1) is 0 Å². The third kappa shape index (κ3) is 2.14. The minimum Gasteiger partial charge on any atom is -0.308 e. The molecular formula is C16H28N2. The van der Waals surface area contributed by atoms with Crippen LogP contribution in [-0.4, -0.2) is 35.6 Å². The van der Waals surface area contributed by atoms with Crippen molar-refractivity contribution in [1.82, 2.24) is 10.2 Å². The van der Waals surface area contributed by atoms with Crippen LogP contribution in [0.2, 0.25) is 0 Å². The van der Waals surface area contributed by atoms with Gasteiger partial charge in [-0.1, -0.05) is 38.2 Å². The zero-order chi connectivity index (χ0) is 12.5. The summed E-state index contributed by atoms with van der Waals surface area (Å²) in [7, 11) is 0. The number of hydrogen-bond donors (Lipinski definition) is 1. The van der Waals surface area contributed by atoms with E-state index in [2.05, 4.69) is 22.9 Å². The fourth-order valence-corrected chi connectivity index (χ4v) is 4.56. The third-order valence-electron chi connectivity index (χ3n) is 5.65. The van der Waals surface area contributed by atoms with Gasteiger partial charge >= 0.3 is 0 Å².